The van der Waals surface area contributed by atoms with Gasteiger partial charge >= 0.3 is 0 Å². The maximum Gasteiger partial charge on any atom is 0.300 e. The van der Waals surface area contributed by atoms with Crippen LogP contribution in [0.3, 0.4) is 0 Å². The number of hydrogen-bond donors (Lipinski definition) is 1. The molecule has 0 bridgehead atoms. The zero-order chi connectivity index (χ0) is 23.7. The Kier molecular flexibility index (Phi) is 5.87. The van der Waals surface area contributed by atoms with Crippen LogP contribution in [0.5, 0.6) is 11.5 Å². The fraction of sp³-hybridized carbons (Fsp3) is 0.192. The van der Waals surface area contributed by atoms with E-state index in [0.717, 1.165) is 11.1 Å². The quantitative estimate of drug-likeness (QED) is 0.358. The maximum atomic E-state index is 13.3. The number of hydrogen-bond acceptors (Lipinski definition) is 6. The summed E-state index contributed by atoms with van der Waals surface area (Å²) in [7, 11) is 2.96. The van der Waals surface area contributed by atoms with Gasteiger partial charge in [-0.25, -0.2) is 0 Å². The Labute approximate surface area is 191 Å². The number of aromatic nitrogens is 1. The van der Waals surface area contributed by atoms with Gasteiger partial charge in [0.2, 0.25) is 0 Å². The summed E-state index contributed by atoms with van der Waals surface area (Å²) in [6, 6.07) is 13.2. The van der Waals surface area contributed by atoms with Gasteiger partial charge in [-0.3, -0.25) is 19.5 Å². The number of nitrogens with zero attached hydrogens (tertiary/aromatic N) is 2. The normalized spacial score (nSPS) is 17.3. The number of ether oxygens (including phenoxy) is 2. The SMILES string of the molecule is COc1ccc(OC)c(/C(O)=C2\C(=O)C(=O)N(c3cc(C)cc(C)c3)C2c2cccnc2)c1. The molecule has 0 saturated carbocycles. The van der Waals surface area contributed by atoms with Crippen LogP contribution in [0.25, 0.3) is 5.76 Å². The van der Waals surface area contributed by atoms with Gasteiger partial charge in [0.15, 0.2) is 0 Å². The van der Waals surface area contributed by atoms with Crippen molar-refractivity contribution in [3.8, 4) is 11.5 Å². The molecule has 7 nitrogen and oxygen atoms in total. The highest BCUT2D eigenvalue weighted by molar-refractivity contribution is 6.51. The molecular formula is C26H24N2O5. The molecule has 1 unspecified atom stereocenters. The highest BCUT2D eigenvalue weighted by Crippen LogP contribution is 2.43. The van der Waals surface area contributed by atoms with Crippen molar-refractivity contribution in [2.75, 3.05) is 19.1 Å². The van der Waals surface area contributed by atoms with Crippen molar-refractivity contribution in [3.05, 3.63) is 88.8 Å². The Hall–Kier alpha value is -4.13. The predicted molar refractivity (Wildman–Crippen MR) is 124 cm³/mol. The standard InChI is InChI=1S/C26H24N2O5/c1-15-10-16(2)12-18(11-15)28-23(17-6-5-9-27-14-17)22(25(30)26(28)31)24(29)20-13-19(32-3)7-8-21(20)33-4/h5-14,23,29H,1-4H3/b24-22+. The number of aryl methyl sites for hydroxylation is 2. The van der Waals surface area contributed by atoms with Crippen molar-refractivity contribution < 1.29 is 24.2 Å². The number of Topliss-reactive ketones (excluding diaryl/α,β-unsaturated/α-hetero) is 1. The number of carbonyl (C=O) groups is 2. The van der Waals surface area contributed by atoms with Crippen molar-refractivity contribution in [2.45, 2.75) is 19.9 Å². The molecule has 0 radical (unpaired) electrons. The minimum atomic E-state index is -0.865. The van der Waals surface area contributed by atoms with E-state index in [-0.39, 0.29) is 16.9 Å². The summed E-state index contributed by atoms with van der Waals surface area (Å²) in [6.07, 6.45) is 3.19. The van der Waals surface area contributed by atoms with Gasteiger partial charge in [0, 0.05) is 18.1 Å². The van der Waals surface area contributed by atoms with E-state index in [1.165, 1.54) is 19.1 Å². The summed E-state index contributed by atoms with van der Waals surface area (Å²) in [4.78, 5) is 32.2. The fourth-order valence-electron chi connectivity index (χ4n) is 4.19. The van der Waals surface area contributed by atoms with E-state index in [2.05, 4.69) is 4.98 Å². The first-order valence-electron chi connectivity index (χ1n) is 10.4. The molecule has 1 atom stereocenters. The molecule has 7 heteroatoms. The smallest absolute Gasteiger partial charge is 0.300 e. The van der Waals surface area contributed by atoms with Crippen LogP contribution in [-0.4, -0.2) is 36.0 Å². The van der Waals surface area contributed by atoms with Crippen LogP contribution in [0, 0.1) is 13.8 Å². The van der Waals surface area contributed by atoms with Crippen LogP contribution in [-0.2, 0) is 9.59 Å². The van der Waals surface area contributed by atoms with Crippen LogP contribution in [0.1, 0.15) is 28.3 Å². The lowest BCUT2D eigenvalue weighted by Gasteiger charge is -2.26. The van der Waals surface area contributed by atoms with Gasteiger partial charge in [-0.2, -0.15) is 0 Å². The second-order valence-corrected chi connectivity index (χ2v) is 7.87. The summed E-state index contributed by atoms with van der Waals surface area (Å²) in [5, 5.41) is 11.4. The highest BCUT2D eigenvalue weighted by atomic mass is 16.5. The second-order valence-electron chi connectivity index (χ2n) is 7.87. The fourth-order valence-corrected chi connectivity index (χ4v) is 4.19. The van der Waals surface area contributed by atoms with Crippen molar-refractivity contribution in [3.63, 3.8) is 0 Å². The molecule has 1 saturated heterocycles. The molecule has 168 valence electrons. The molecule has 4 rings (SSSR count). The lowest BCUT2D eigenvalue weighted by Crippen LogP contribution is -2.29. The third-order valence-electron chi connectivity index (χ3n) is 5.59. The largest absolute Gasteiger partial charge is 0.507 e. The molecule has 1 fully saturated rings. The van der Waals surface area contributed by atoms with Crippen LogP contribution in [0.15, 0.2) is 66.5 Å². The second kappa shape index (κ2) is 8.78. The number of carbonyl (C=O) groups excluding carboxylic acids is 2. The van der Waals surface area contributed by atoms with E-state index >= 15 is 0 Å². The molecule has 2 aromatic carbocycles. The van der Waals surface area contributed by atoms with E-state index in [1.54, 1.807) is 42.7 Å². The van der Waals surface area contributed by atoms with Crippen LogP contribution in [0.4, 0.5) is 5.69 Å². The molecule has 1 amide bonds. The number of rotatable bonds is 5. The van der Waals surface area contributed by atoms with Gasteiger partial charge in [0.1, 0.15) is 17.3 Å². The van der Waals surface area contributed by atoms with E-state index in [1.807, 2.05) is 32.0 Å². The highest BCUT2D eigenvalue weighted by Gasteiger charge is 2.47. The van der Waals surface area contributed by atoms with Gasteiger partial charge in [-0.15, -0.1) is 0 Å². The summed E-state index contributed by atoms with van der Waals surface area (Å²) >= 11 is 0. The topological polar surface area (TPSA) is 89.0 Å². The number of pyridine rings is 1. The molecule has 0 aliphatic carbocycles. The van der Waals surface area contributed by atoms with Gasteiger partial charge in [-0.05, 0) is 66.9 Å². The minimum absolute atomic E-state index is 0.0429. The zero-order valence-electron chi connectivity index (χ0n) is 18.8. The third-order valence-corrected chi connectivity index (χ3v) is 5.59. The molecule has 2 heterocycles. The number of amides is 1. The van der Waals surface area contributed by atoms with Gasteiger partial charge in [0.25, 0.3) is 11.7 Å². The Bertz CT molecular complexity index is 1250. The molecule has 3 aromatic rings. The van der Waals surface area contributed by atoms with E-state index in [9.17, 15) is 14.7 Å². The van der Waals surface area contributed by atoms with Gasteiger partial charge in [0.05, 0.1) is 31.4 Å². The number of aliphatic hydroxyl groups is 1. The first kappa shape index (κ1) is 22.1. The number of benzene rings is 2. The summed E-state index contributed by atoms with van der Waals surface area (Å²) < 4.78 is 10.7. The minimum Gasteiger partial charge on any atom is -0.507 e. The number of ketones is 1. The average Bonchev–Trinajstić information content (AvgIpc) is 3.08. The summed E-state index contributed by atoms with van der Waals surface area (Å²) in [5.41, 5.74) is 3.28. The Morgan fingerprint density at radius 1 is 1.00 bits per heavy atom. The van der Waals surface area contributed by atoms with Crippen LogP contribution in [0.2, 0.25) is 0 Å². The number of aliphatic hydroxyl groups excluding tert-OH is 1. The predicted octanol–water partition coefficient (Wildman–Crippen LogP) is 4.34. The molecule has 1 aliphatic heterocycles. The third kappa shape index (κ3) is 3.93. The van der Waals surface area contributed by atoms with E-state index in [0.29, 0.717) is 22.7 Å². The lowest BCUT2D eigenvalue weighted by molar-refractivity contribution is -0.132. The average molecular weight is 444 g/mol. The Morgan fingerprint density at radius 3 is 2.33 bits per heavy atom. The Morgan fingerprint density at radius 2 is 1.73 bits per heavy atom. The summed E-state index contributed by atoms with van der Waals surface area (Å²) in [5.74, 6) is -1.04. The molecule has 1 aliphatic rings. The monoisotopic (exact) mass is 444 g/mol. The van der Waals surface area contributed by atoms with Crippen molar-refractivity contribution >= 4 is 23.1 Å². The maximum absolute atomic E-state index is 13.3. The molecule has 33 heavy (non-hydrogen) atoms. The first-order chi connectivity index (χ1) is 15.8. The van der Waals surface area contributed by atoms with Crippen LogP contribution >= 0.6 is 0 Å². The van der Waals surface area contributed by atoms with Crippen molar-refractivity contribution in [1.82, 2.24) is 4.98 Å². The van der Waals surface area contributed by atoms with E-state index < -0.39 is 17.7 Å². The Balaban J connectivity index is 1.99. The molecule has 1 N–H and O–H groups in total. The van der Waals surface area contributed by atoms with Gasteiger partial charge in [-0.1, -0.05) is 12.1 Å². The van der Waals surface area contributed by atoms with Crippen molar-refractivity contribution in [1.29, 1.82) is 0 Å². The molecule has 0 spiro atoms. The molecular weight excluding hydrogens is 420 g/mol. The van der Waals surface area contributed by atoms with E-state index in [4.69, 9.17) is 9.47 Å². The first-order valence-corrected chi connectivity index (χ1v) is 10.4. The number of methoxy groups -OCH3 is 2. The van der Waals surface area contributed by atoms with Crippen LogP contribution < -0.4 is 14.4 Å². The number of anilines is 1. The summed E-state index contributed by atoms with van der Waals surface area (Å²) in [6.45, 7) is 3.85. The molecule has 1 aromatic heterocycles. The lowest BCUT2D eigenvalue weighted by atomic mass is 9.95. The van der Waals surface area contributed by atoms with Gasteiger partial charge < -0.3 is 14.6 Å². The van der Waals surface area contributed by atoms with Crippen molar-refractivity contribution in [2.24, 2.45) is 0 Å². The zero-order valence-corrected chi connectivity index (χ0v) is 18.8.